The molecule has 3 aromatic rings. The van der Waals surface area contributed by atoms with Crippen LogP contribution in [-0.2, 0) is 0 Å². The van der Waals surface area contributed by atoms with Crippen molar-refractivity contribution in [3.05, 3.63) is 82.1 Å². The van der Waals surface area contributed by atoms with E-state index in [-0.39, 0.29) is 5.56 Å². The fraction of sp³-hybridized carbons (Fsp3) is 0.217. The fourth-order valence-electron chi connectivity index (χ4n) is 3.64. The maximum atomic E-state index is 12.8. The molecule has 0 atom stereocenters. The number of anilines is 2. The average Bonchev–Trinajstić information content (AvgIpc) is 3.23. The van der Waals surface area contributed by atoms with Gasteiger partial charge in [0.2, 0.25) is 0 Å². The van der Waals surface area contributed by atoms with Crippen LogP contribution in [0.1, 0.15) is 28.8 Å². The molecule has 1 amide bonds. The highest BCUT2D eigenvalue weighted by molar-refractivity contribution is 6.05. The maximum Gasteiger partial charge on any atom is 0.261 e. The number of pyridine rings is 1. The Balaban J connectivity index is 1.59. The molecule has 1 fully saturated rings. The standard InChI is InChI=1S/C23H23N3O2/c1-16-7-6-8-17(15-16)19-12-11-18(22(27)24-19)23(28)25-20-9-2-3-10-21(20)26-13-4-5-14-26/h2-3,6-12,15H,4-5,13-14H2,1H3,(H,24,27)(H,25,28). The van der Waals surface area contributed by atoms with Gasteiger partial charge in [0, 0.05) is 18.8 Å². The lowest BCUT2D eigenvalue weighted by atomic mass is 10.1. The van der Waals surface area contributed by atoms with E-state index >= 15 is 0 Å². The van der Waals surface area contributed by atoms with Gasteiger partial charge in [0.1, 0.15) is 5.56 Å². The van der Waals surface area contributed by atoms with Gasteiger partial charge in [0.05, 0.1) is 11.4 Å². The number of nitrogens with zero attached hydrogens (tertiary/aromatic N) is 1. The Morgan fingerprint density at radius 2 is 1.79 bits per heavy atom. The molecule has 5 nitrogen and oxygen atoms in total. The van der Waals surface area contributed by atoms with E-state index in [0.29, 0.717) is 5.69 Å². The van der Waals surface area contributed by atoms with Crippen molar-refractivity contribution >= 4 is 17.3 Å². The van der Waals surface area contributed by atoms with Gasteiger partial charge >= 0.3 is 0 Å². The number of aromatic amines is 1. The average molecular weight is 373 g/mol. The number of H-pyrrole nitrogens is 1. The smallest absolute Gasteiger partial charge is 0.261 e. The van der Waals surface area contributed by atoms with Crippen molar-refractivity contribution in [1.82, 2.24) is 4.98 Å². The van der Waals surface area contributed by atoms with Crippen molar-refractivity contribution in [3.63, 3.8) is 0 Å². The Kier molecular flexibility index (Phi) is 4.98. The molecule has 0 spiro atoms. The van der Waals surface area contributed by atoms with Crippen LogP contribution in [-0.4, -0.2) is 24.0 Å². The summed E-state index contributed by atoms with van der Waals surface area (Å²) < 4.78 is 0. The Labute approximate surface area is 164 Å². The molecule has 2 aromatic carbocycles. The summed E-state index contributed by atoms with van der Waals surface area (Å²) in [6.45, 7) is 3.97. The second-order valence-corrected chi connectivity index (χ2v) is 7.15. The molecule has 0 saturated carbocycles. The number of rotatable bonds is 4. The number of nitrogens with one attached hydrogen (secondary N) is 2. The third-order valence-electron chi connectivity index (χ3n) is 5.08. The first-order chi connectivity index (χ1) is 13.6. The summed E-state index contributed by atoms with van der Waals surface area (Å²) in [7, 11) is 0. The van der Waals surface area contributed by atoms with Gasteiger partial charge in [-0.1, -0.05) is 35.9 Å². The molecule has 2 heterocycles. The molecule has 0 aliphatic carbocycles. The number of amides is 1. The molecule has 0 unspecified atom stereocenters. The molecule has 2 N–H and O–H groups in total. The van der Waals surface area contributed by atoms with Crippen LogP contribution in [0, 0.1) is 6.92 Å². The van der Waals surface area contributed by atoms with E-state index in [9.17, 15) is 9.59 Å². The van der Waals surface area contributed by atoms with E-state index in [1.54, 1.807) is 12.1 Å². The molecule has 4 rings (SSSR count). The molecular weight excluding hydrogens is 350 g/mol. The molecule has 1 saturated heterocycles. The number of aromatic nitrogens is 1. The number of benzene rings is 2. The lowest BCUT2D eigenvalue weighted by Gasteiger charge is -2.21. The van der Waals surface area contributed by atoms with E-state index < -0.39 is 11.5 Å². The Hall–Kier alpha value is -3.34. The molecule has 0 bridgehead atoms. The Morgan fingerprint density at radius 3 is 2.54 bits per heavy atom. The molecule has 28 heavy (non-hydrogen) atoms. The normalized spacial score (nSPS) is 13.5. The lowest BCUT2D eigenvalue weighted by Crippen LogP contribution is -2.25. The van der Waals surface area contributed by atoms with Crippen LogP contribution < -0.4 is 15.8 Å². The quantitative estimate of drug-likeness (QED) is 0.720. The minimum atomic E-state index is -0.399. The maximum absolute atomic E-state index is 12.8. The SMILES string of the molecule is Cc1cccc(-c2ccc(C(=O)Nc3ccccc3N3CCCC3)c(=O)[nH]2)c1. The topological polar surface area (TPSA) is 65.2 Å². The van der Waals surface area contributed by atoms with Gasteiger partial charge in [0.15, 0.2) is 0 Å². The molecule has 1 aliphatic heterocycles. The first-order valence-electron chi connectivity index (χ1n) is 9.57. The second kappa shape index (κ2) is 7.72. The number of para-hydroxylation sites is 2. The molecule has 5 heteroatoms. The van der Waals surface area contributed by atoms with Crippen molar-refractivity contribution in [2.45, 2.75) is 19.8 Å². The zero-order valence-electron chi connectivity index (χ0n) is 15.9. The third kappa shape index (κ3) is 3.69. The van der Waals surface area contributed by atoms with Crippen molar-refractivity contribution < 1.29 is 4.79 Å². The Bertz CT molecular complexity index is 1070. The van der Waals surface area contributed by atoms with E-state index in [0.717, 1.165) is 48.4 Å². The number of hydrogen-bond donors (Lipinski definition) is 2. The van der Waals surface area contributed by atoms with Gasteiger partial charge in [-0.2, -0.15) is 0 Å². The minimum Gasteiger partial charge on any atom is -0.370 e. The summed E-state index contributed by atoms with van der Waals surface area (Å²) in [6.07, 6.45) is 2.31. The predicted molar refractivity (Wildman–Crippen MR) is 113 cm³/mol. The highest BCUT2D eigenvalue weighted by atomic mass is 16.2. The van der Waals surface area contributed by atoms with Crippen LogP contribution in [0.5, 0.6) is 0 Å². The fourth-order valence-corrected chi connectivity index (χ4v) is 3.64. The van der Waals surface area contributed by atoms with Crippen LogP contribution in [0.2, 0.25) is 0 Å². The Morgan fingerprint density at radius 1 is 1.00 bits per heavy atom. The van der Waals surface area contributed by atoms with Crippen molar-refractivity contribution in [1.29, 1.82) is 0 Å². The summed E-state index contributed by atoms with van der Waals surface area (Å²) in [4.78, 5) is 30.4. The van der Waals surface area contributed by atoms with E-state index in [4.69, 9.17) is 0 Å². The summed E-state index contributed by atoms with van der Waals surface area (Å²) in [5.41, 5.74) is 4.17. The molecule has 0 radical (unpaired) electrons. The molecular formula is C23H23N3O2. The molecule has 1 aromatic heterocycles. The van der Waals surface area contributed by atoms with Gasteiger partial charge < -0.3 is 15.2 Å². The first kappa shape index (κ1) is 18.0. The van der Waals surface area contributed by atoms with E-state index in [1.165, 1.54) is 0 Å². The number of carbonyl (C=O) groups excluding carboxylic acids is 1. The predicted octanol–water partition coefficient (Wildman–Crippen LogP) is 4.20. The number of aryl methyl sites for hydroxylation is 1. The highest BCUT2D eigenvalue weighted by Gasteiger charge is 2.18. The van der Waals surface area contributed by atoms with Crippen LogP contribution in [0.15, 0.2) is 65.5 Å². The zero-order chi connectivity index (χ0) is 19.5. The monoisotopic (exact) mass is 373 g/mol. The minimum absolute atomic E-state index is 0.104. The summed E-state index contributed by atoms with van der Waals surface area (Å²) >= 11 is 0. The van der Waals surface area contributed by atoms with Crippen LogP contribution >= 0.6 is 0 Å². The highest BCUT2D eigenvalue weighted by Crippen LogP contribution is 2.29. The van der Waals surface area contributed by atoms with Crippen molar-refractivity contribution in [2.24, 2.45) is 0 Å². The van der Waals surface area contributed by atoms with Crippen molar-refractivity contribution in [3.8, 4) is 11.3 Å². The third-order valence-corrected chi connectivity index (χ3v) is 5.08. The largest absolute Gasteiger partial charge is 0.370 e. The van der Waals surface area contributed by atoms with E-state index in [1.807, 2.05) is 55.5 Å². The van der Waals surface area contributed by atoms with Gasteiger partial charge in [-0.05, 0) is 55.7 Å². The van der Waals surface area contributed by atoms with Crippen molar-refractivity contribution in [2.75, 3.05) is 23.3 Å². The summed E-state index contributed by atoms with van der Waals surface area (Å²) in [5, 5.41) is 2.91. The van der Waals surface area contributed by atoms with Gasteiger partial charge in [-0.25, -0.2) is 0 Å². The lowest BCUT2D eigenvalue weighted by molar-refractivity contribution is 0.102. The van der Waals surface area contributed by atoms with Gasteiger partial charge in [-0.3, -0.25) is 9.59 Å². The van der Waals surface area contributed by atoms with Gasteiger partial charge in [-0.15, -0.1) is 0 Å². The van der Waals surface area contributed by atoms with E-state index in [2.05, 4.69) is 15.2 Å². The number of carbonyl (C=O) groups is 1. The number of hydrogen-bond acceptors (Lipinski definition) is 3. The molecule has 1 aliphatic rings. The molecule has 142 valence electrons. The van der Waals surface area contributed by atoms with Crippen LogP contribution in [0.4, 0.5) is 11.4 Å². The first-order valence-corrected chi connectivity index (χ1v) is 9.57. The summed E-state index contributed by atoms with van der Waals surface area (Å²) in [6, 6.07) is 19.0. The second-order valence-electron chi connectivity index (χ2n) is 7.15. The van der Waals surface area contributed by atoms with Gasteiger partial charge in [0.25, 0.3) is 11.5 Å². The summed E-state index contributed by atoms with van der Waals surface area (Å²) in [5.74, 6) is -0.399. The van der Waals surface area contributed by atoms with Crippen LogP contribution in [0.3, 0.4) is 0 Å². The van der Waals surface area contributed by atoms with Crippen LogP contribution in [0.25, 0.3) is 11.3 Å². The zero-order valence-corrected chi connectivity index (χ0v) is 15.9.